The maximum atomic E-state index is 12.5. The van der Waals surface area contributed by atoms with Crippen molar-refractivity contribution in [1.82, 2.24) is 5.43 Å². The predicted octanol–water partition coefficient (Wildman–Crippen LogP) is 4.19. The number of thiophene rings is 1. The number of allylic oxidation sites excluding steroid dienone is 1. The number of carbonyl (C=O) groups excluding carboxylic acids is 3. The standard InChI is InChI=1S/C24H27N3O4S/c1-4-31-24(30)20-18-11-10-15(2)13-19(18)32-23(20)26-21(28)22(29)27-25-14-16(3)12-17-8-6-5-7-9-17/h5-9,12,14-15H,4,10-11,13H2,1-3H3,(H,26,28)(H,27,29). The molecule has 1 unspecified atom stereocenters. The van der Waals surface area contributed by atoms with Gasteiger partial charge in [0.15, 0.2) is 0 Å². The minimum Gasteiger partial charge on any atom is -0.462 e. The van der Waals surface area contributed by atoms with Gasteiger partial charge in [-0.3, -0.25) is 9.59 Å². The third-order valence-electron chi connectivity index (χ3n) is 5.05. The number of anilines is 1. The molecule has 1 heterocycles. The lowest BCUT2D eigenvalue weighted by molar-refractivity contribution is -0.136. The first-order valence-electron chi connectivity index (χ1n) is 10.6. The molecule has 32 heavy (non-hydrogen) atoms. The van der Waals surface area contributed by atoms with E-state index in [2.05, 4.69) is 22.8 Å². The summed E-state index contributed by atoms with van der Waals surface area (Å²) in [5, 5.41) is 6.78. The fourth-order valence-corrected chi connectivity index (χ4v) is 4.90. The van der Waals surface area contributed by atoms with Crippen molar-refractivity contribution < 1.29 is 19.1 Å². The summed E-state index contributed by atoms with van der Waals surface area (Å²) in [4.78, 5) is 38.2. The minimum atomic E-state index is -0.914. The molecule has 1 aromatic carbocycles. The van der Waals surface area contributed by atoms with Crippen LogP contribution in [0.25, 0.3) is 6.08 Å². The molecule has 3 rings (SSSR count). The number of esters is 1. The van der Waals surface area contributed by atoms with Crippen molar-refractivity contribution in [2.45, 2.75) is 40.0 Å². The summed E-state index contributed by atoms with van der Waals surface area (Å²) < 4.78 is 5.19. The summed E-state index contributed by atoms with van der Waals surface area (Å²) in [6, 6.07) is 9.68. The van der Waals surface area contributed by atoms with Crippen molar-refractivity contribution in [2.75, 3.05) is 11.9 Å². The SMILES string of the molecule is CCOC(=O)c1c(NC(=O)C(=O)NN=CC(C)=Cc2ccccc2)sc2c1CCC(C)C2. The van der Waals surface area contributed by atoms with E-state index in [1.807, 2.05) is 43.3 Å². The van der Waals surface area contributed by atoms with E-state index in [4.69, 9.17) is 4.74 Å². The highest BCUT2D eigenvalue weighted by Gasteiger charge is 2.30. The number of hydrazone groups is 1. The van der Waals surface area contributed by atoms with Crippen LogP contribution in [0.2, 0.25) is 0 Å². The van der Waals surface area contributed by atoms with Gasteiger partial charge in [-0.05, 0) is 55.7 Å². The summed E-state index contributed by atoms with van der Waals surface area (Å²) in [5.74, 6) is -1.77. The van der Waals surface area contributed by atoms with Crippen LogP contribution in [0.15, 0.2) is 41.0 Å². The van der Waals surface area contributed by atoms with E-state index >= 15 is 0 Å². The summed E-state index contributed by atoms with van der Waals surface area (Å²) in [7, 11) is 0. The molecule has 1 aliphatic rings. The van der Waals surface area contributed by atoms with Gasteiger partial charge in [-0.1, -0.05) is 43.3 Å². The van der Waals surface area contributed by atoms with E-state index in [9.17, 15) is 14.4 Å². The molecule has 0 fully saturated rings. The van der Waals surface area contributed by atoms with Crippen LogP contribution >= 0.6 is 11.3 Å². The zero-order valence-electron chi connectivity index (χ0n) is 18.4. The lowest BCUT2D eigenvalue weighted by atomic mass is 9.88. The molecule has 2 aromatic rings. The summed E-state index contributed by atoms with van der Waals surface area (Å²) >= 11 is 1.34. The molecule has 0 saturated carbocycles. The average Bonchev–Trinajstić information content (AvgIpc) is 3.11. The van der Waals surface area contributed by atoms with E-state index in [0.29, 0.717) is 16.5 Å². The third-order valence-corrected chi connectivity index (χ3v) is 6.22. The van der Waals surface area contributed by atoms with Gasteiger partial charge < -0.3 is 10.1 Å². The molecule has 168 valence electrons. The van der Waals surface area contributed by atoms with Crippen molar-refractivity contribution in [3.8, 4) is 0 Å². The van der Waals surface area contributed by atoms with E-state index in [-0.39, 0.29) is 6.61 Å². The Hall–Kier alpha value is -3.26. The molecule has 1 atom stereocenters. The number of ether oxygens (including phenoxy) is 1. The first-order valence-corrected chi connectivity index (χ1v) is 11.4. The quantitative estimate of drug-likeness (QED) is 0.297. The minimum absolute atomic E-state index is 0.234. The third kappa shape index (κ3) is 5.91. The predicted molar refractivity (Wildman–Crippen MR) is 127 cm³/mol. The highest BCUT2D eigenvalue weighted by atomic mass is 32.1. The maximum absolute atomic E-state index is 12.5. The monoisotopic (exact) mass is 453 g/mol. The van der Waals surface area contributed by atoms with Crippen molar-refractivity contribution in [2.24, 2.45) is 11.0 Å². The summed E-state index contributed by atoms with van der Waals surface area (Å²) in [6.45, 7) is 5.96. The number of benzene rings is 1. The van der Waals surface area contributed by atoms with Crippen LogP contribution < -0.4 is 10.7 Å². The van der Waals surface area contributed by atoms with Crippen LogP contribution in [0.5, 0.6) is 0 Å². The zero-order valence-corrected chi connectivity index (χ0v) is 19.3. The smallest absolute Gasteiger partial charge is 0.341 e. The second-order valence-corrected chi connectivity index (χ2v) is 8.83. The van der Waals surface area contributed by atoms with Crippen LogP contribution in [0.1, 0.15) is 53.6 Å². The molecule has 7 nitrogen and oxygen atoms in total. The Labute approximate surface area is 191 Å². The number of amides is 2. The van der Waals surface area contributed by atoms with Crippen molar-refractivity contribution in [3.05, 3.63) is 57.5 Å². The molecule has 0 bridgehead atoms. The van der Waals surface area contributed by atoms with Crippen LogP contribution in [0, 0.1) is 5.92 Å². The first kappa shape index (κ1) is 23.4. The first-order chi connectivity index (χ1) is 15.4. The molecule has 8 heteroatoms. The van der Waals surface area contributed by atoms with E-state index in [1.165, 1.54) is 17.6 Å². The van der Waals surface area contributed by atoms with Gasteiger partial charge in [0.2, 0.25) is 0 Å². The number of hydrogen-bond donors (Lipinski definition) is 2. The molecular formula is C24H27N3O4S. The molecule has 0 saturated heterocycles. The van der Waals surface area contributed by atoms with Gasteiger partial charge in [0, 0.05) is 4.88 Å². The number of nitrogens with zero attached hydrogens (tertiary/aromatic N) is 1. The van der Waals surface area contributed by atoms with Crippen molar-refractivity contribution in [1.29, 1.82) is 0 Å². The molecule has 0 spiro atoms. The number of hydrogen-bond acceptors (Lipinski definition) is 6. The highest BCUT2D eigenvalue weighted by Crippen LogP contribution is 2.40. The van der Waals surface area contributed by atoms with Crippen molar-refractivity contribution >= 4 is 46.4 Å². The molecule has 2 amide bonds. The molecular weight excluding hydrogens is 426 g/mol. The average molecular weight is 454 g/mol. The maximum Gasteiger partial charge on any atom is 0.341 e. The summed E-state index contributed by atoms with van der Waals surface area (Å²) in [5.41, 5.74) is 5.32. The number of rotatable bonds is 6. The number of carbonyl (C=O) groups is 3. The highest BCUT2D eigenvalue weighted by molar-refractivity contribution is 7.17. The number of nitrogens with one attached hydrogen (secondary N) is 2. The molecule has 1 aliphatic carbocycles. The van der Waals surface area contributed by atoms with Gasteiger partial charge in [0.05, 0.1) is 18.4 Å². The summed E-state index contributed by atoms with van der Waals surface area (Å²) in [6.07, 6.45) is 5.92. The second kappa shape index (κ2) is 10.9. The normalized spacial score (nSPS) is 15.8. The van der Waals surface area contributed by atoms with Crippen LogP contribution in [-0.4, -0.2) is 30.6 Å². The largest absolute Gasteiger partial charge is 0.462 e. The van der Waals surface area contributed by atoms with Gasteiger partial charge in [-0.2, -0.15) is 5.10 Å². The van der Waals surface area contributed by atoms with Gasteiger partial charge in [-0.25, -0.2) is 10.2 Å². The lowest BCUT2D eigenvalue weighted by Gasteiger charge is -2.18. The van der Waals surface area contributed by atoms with Crippen LogP contribution in [-0.2, 0) is 27.2 Å². The lowest BCUT2D eigenvalue weighted by Crippen LogP contribution is -2.32. The Kier molecular flexibility index (Phi) is 7.94. The molecule has 2 N–H and O–H groups in total. The van der Waals surface area contributed by atoms with E-state index < -0.39 is 17.8 Å². The number of fused-ring (bicyclic) bond motifs is 1. The molecule has 0 radical (unpaired) electrons. The van der Waals surface area contributed by atoms with Gasteiger partial charge in [0.1, 0.15) is 5.00 Å². The van der Waals surface area contributed by atoms with Gasteiger partial charge in [-0.15, -0.1) is 11.3 Å². The van der Waals surface area contributed by atoms with E-state index in [1.54, 1.807) is 6.92 Å². The Morgan fingerprint density at radius 1 is 1.22 bits per heavy atom. The fourth-order valence-electron chi connectivity index (χ4n) is 3.51. The zero-order chi connectivity index (χ0) is 23.1. The van der Waals surface area contributed by atoms with Crippen LogP contribution in [0.4, 0.5) is 5.00 Å². The second-order valence-electron chi connectivity index (χ2n) is 7.73. The Bertz CT molecular complexity index is 1060. The Morgan fingerprint density at radius 3 is 2.69 bits per heavy atom. The van der Waals surface area contributed by atoms with Crippen LogP contribution in [0.3, 0.4) is 0 Å². The molecule has 0 aliphatic heterocycles. The fraction of sp³-hybridized carbons (Fsp3) is 0.333. The van der Waals surface area contributed by atoms with Gasteiger partial charge >= 0.3 is 17.8 Å². The Balaban J connectivity index is 1.67. The van der Waals surface area contributed by atoms with E-state index in [0.717, 1.165) is 40.8 Å². The molecule has 1 aromatic heterocycles. The van der Waals surface area contributed by atoms with Gasteiger partial charge in [0.25, 0.3) is 0 Å². The topological polar surface area (TPSA) is 96.9 Å². The van der Waals surface area contributed by atoms with Crippen molar-refractivity contribution in [3.63, 3.8) is 0 Å². The Morgan fingerprint density at radius 2 is 1.97 bits per heavy atom.